The number of benzene rings is 1. The molecule has 1 aromatic carbocycles. The van der Waals surface area contributed by atoms with Gasteiger partial charge in [-0.25, -0.2) is 0 Å². The summed E-state index contributed by atoms with van der Waals surface area (Å²) in [6, 6.07) is 6.77. The number of hydrogen-bond acceptors (Lipinski definition) is 2. The summed E-state index contributed by atoms with van der Waals surface area (Å²) in [7, 11) is 2.01. The Morgan fingerprint density at radius 1 is 1.35 bits per heavy atom. The molecule has 1 unspecified atom stereocenters. The summed E-state index contributed by atoms with van der Waals surface area (Å²) in [6.45, 7) is 2.09. The molecular weight excluding hydrogens is 278 g/mol. The van der Waals surface area contributed by atoms with E-state index in [4.69, 9.17) is 4.42 Å². The van der Waals surface area contributed by atoms with Crippen LogP contribution in [0.1, 0.15) is 30.2 Å². The van der Waals surface area contributed by atoms with Gasteiger partial charge in [0.05, 0.1) is 6.04 Å². The second-order valence-electron chi connectivity index (χ2n) is 4.89. The fourth-order valence-corrected chi connectivity index (χ4v) is 3.09. The van der Waals surface area contributed by atoms with Crippen molar-refractivity contribution >= 4 is 26.9 Å². The van der Waals surface area contributed by atoms with E-state index in [0.717, 1.165) is 21.7 Å². The van der Waals surface area contributed by atoms with Crippen molar-refractivity contribution in [2.75, 3.05) is 7.05 Å². The van der Waals surface area contributed by atoms with Crippen molar-refractivity contribution in [1.82, 2.24) is 5.32 Å². The minimum atomic E-state index is 0.376. The van der Waals surface area contributed by atoms with Gasteiger partial charge < -0.3 is 9.73 Å². The van der Waals surface area contributed by atoms with Crippen LogP contribution in [-0.2, 0) is 0 Å². The van der Waals surface area contributed by atoms with E-state index in [-0.39, 0.29) is 0 Å². The predicted octanol–water partition coefficient (Wildman–Crippen LogP) is 4.17. The fourth-order valence-electron chi connectivity index (χ4n) is 2.50. The Bertz CT molecular complexity index is 557. The van der Waals surface area contributed by atoms with Gasteiger partial charge in [-0.3, -0.25) is 0 Å². The first-order valence-electron chi connectivity index (χ1n) is 6.06. The highest BCUT2D eigenvalue weighted by molar-refractivity contribution is 9.10. The second kappa shape index (κ2) is 4.14. The molecule has 0 radical (unpaired) electrons. The third-order valence-corrected chi connectivity index (χ3v) is 3.95. The molecule has 17 heavy (non-hydrogen) atoms. The Labute approximate surface area is 110 Å². The molecule has 90 valence electrons. The highest BCUT2D eigenvalue weighted by atomic mass is 79.9. The van der Waals surface area contributed by atoms with E-state index in [1.165, 1.54) is 23.8 Å². The Hall–Kier alpha value is -0.800. The molecule has 0 aliphatic heterocycles. The number of furan rings is 1. The number of hydrogen-bond donors (Lipinski definition) is 1. The highest BCUT2D eigenvalue weighted by Crippen LogP contribution is 2.42. The van der Waals surface area contributed by atoms with Crippen molar-refractivity contribution in [1.29, 1.82) is 0 Å². The molecule has 0 spiro atoms. The minimum Gasteiger partial charge on any atom is -0.459 e. The Kier molecular flexibility index (Phi) is 2.75. The summed E-state index contributed by atoms with van der Waals surface area (Å²) in [5, 5.41) is 4.56. The summed E-state index contributed by atoms with van der Waals surface area (Å²) in [4.78, 5) is 0. The van der Waals surface area contributed by atoms with E-state index in [2.05, 4.69) is 46.4 Å². The monoisotopic (exact) mass is 293 g/mol. The van der Waals surface area contributed by atoms with E-state index in [0.29, 0.717) is 6.04 Å². The zero-order chi connectivity index (χ0) is 12.0. The number of halogens is 1. The predicted molar refractivity (Wildman–Crippen MR) is 73.2 cm³/mol. The van der Waals surface area contributed by atoms with Crippen LogP contribution >= 0.6 is 15.9 Å². The van der Waals surface area contributed by atoms with Crippen LogP contribution in [0, 0.1) is 12.8 Å². The largest absolute Gasteiger partial charge is 0.459 e. The normalized spacial score (nSPS) is 17.6. The highest BCUT2D eigenvalue weighted by Gasteiger charge is 2.33. The van der Waals surface area contributed by atoms with Gasteiger partial charge in [0.15, 0.2) is 0 Å². The summed E-state index contributed by atoms with van der Waals surface area (Å²) in [5.41, 5.74) is 2.20. The lowest BCUT2D eigenvalue weighted by atomic mass is 10.1. The van der Waals surface area contributed by atoms with Crippen LogP contribution < -0.4 is 5.32 Å². The SMILES string of the molecule is CNC(c1cc2cc(Br)cc(C)c2o1)C1CC1. The number of rotatable bonds is 3. The maximum Gasteiger partial charge on any atom is 0.137 e. The van der Waals surface area contributed by atoms with Crippen molar-refractivity contribution in [3.05, 3.63) is 34.0 Å². The van der Waals surface area contributed by atoms with Gasteiger partial charge in [0.1, 0.15) is 11.3 Å². The van der Waals surface area contributed by atoms with E-state index in [9.17, 15) is 0 Å². The van der Waals surface area contributed by atoms with Crippen LogP contribution in [0.25, 0.3) is 11.0 Å². The topological polar surface area (TPSA) is 25.2 Å². The minimum absolute atomic E-state index is 0.376. The molecule has 3 heteroatoms. The first-order chi connectivity index (χ1) is 8.19. The summed E-state index contributed by atoms with van der Waals surface area (Å²) >= 11 is 3.53. The van der Waals surface area contributed by atoms with Crippen LogP contribution in [-0.4, -0.2) is 7.05 Å². The molecule has 0 amide bonds. The lowest BCUT2D eigenvalue weighted by molar-refractivity contribution is 0.419. The third kappa shape index (κ3) is 2.02. The lowest BCUT2D eigenvalue weighted by Crippen LogP contribution is -2.17. The summed E-state index contributed by atoms with van der Waals surface area (Å²) in [6.07, 6.45) is 2.62. The van der Waals surface area contributed by atoms with Crippen molar-refractivity contribution in [2.45, 2.75) is 25.8 Å². The summed E-state index contributed by atoms with van der Waals surface area (Å²) < 4.78 is 7.14. The number of nitrogens with one attached hydrogen (secondary N) is 1. The number of fused-ring (bicyclic) bond motifs is 1. The van der Waals surface area contributed by atoms with Gasteiger partial charge in [0, 0.05) is 9.86 Å². The average molecular weight is 294 g/mol. The van der Waals surface area contributed by atoms with Gasteiger partial charge in [-0.15, -0.1) is 0 Å². The zero-order valence-corrected chi connectivity index (χ0v) is 11.7. The molecule has 1 heterocycles. The fraction of sp³-hybridized carbons (Fsp3) is 0.429. The summed E-state index contributed by atoms with van der Waals surface area (Å²) in [5.74, 6) is 1.83. The first-order valence-corrected chi connectivity index (χ1v) is 6.85. The lowest BCUT2D eigenvalue weighted by Gasteiger charge is -2.11. The molecule has 1 N–H and O–H groups in total. The second-order valence-corrected chi connectivity index (χ2v) is 5.81. The Morgan fingerprint density at radius 3 is 2.76 bits per heavy atom. The molecule has 2 nitrogen and oxygen atoms in total. The van der Waals surface area contributed by atoms with E-state index in [1.807, 2.05) is 7.05 Å². The molecule has 1 aromatic heterocycles. The van der Waals surface area contributed by atoms with Crippen molar-refractivity contribution < 1.29 is 4.42 Å². The molecule has 0 saturated heterocycles. The van der Waals surface area contributed by atoms with Crippen molar-refractivity contribution in [2.24, 2.45) is 5.92 Å². The maximum absolute atomic E-state index is 6.02. The average Bonchev–Trinajstić information content (AvgIpc) is 3.00. The molecular formula is C14H16BrNO. The van der Waals surface area contributed by atoms with Crippen LogP contribution in [0.3, 0.4) is 0 Å². The number of aryl methyl sites for hydroxylation is 1. The van der Waals surface area contributed by atoms with E-state index >= 15 is 0 Å². The maximum atomic E-state index is 6.02. The van der Waals surface area contributed by atoms with E-state index < -0.39 is 0 Å². The Morgan fingerprint density at radius 2 is 2.12 bits per heavy atom. The third-order valence-electron chi connectivity index (χ3n) is 3.50. The Balaban J connectivity index is 2.09. The van der Waals surface area contributed by atoms with Gasteiger partial charge in [-0.2, -0.15) is 0 Å². The molecule has 3 rings (SSSR count). The van der Waals surface area contributed by atoms with Crippen LogP contribution in [0.2, 0.25) is 0 Å². The smallest absolute Gasteiger partial charge is 0.137 e. The van der Waals surface area contributed by atoms with Gasteiger partial charge in [0.2, 0.25) is 0 Å². The van der Waals surface area contributed by atoms with Gasteiger partial charge in [0.25, 0.3) is 0 Å². The molecule has 1 atom stereocenters. The molecule has 1 aliphatic rings. The van der Waals surface area contributed by atoms with Gasteiger partial charge in [-0.1, -0.05) is 15.9 Å². The molecule has 1 aliphatic carbocycles. The quantitative estimate of drug-likeness (QED) is 0.919. The molecule has 0 bridgehead atoms. The standard InChI is InChI=1S/C14H16BrNO/c1-8-5-11(15)6-10-7-12(17-14(8)10)13(16-2)9-3-4-9/h5-7,9,13,16H,3-4H2,1-2H3. The van der Waals surface area contributed by atoms with Crippen LogP contribution in [0.15, 0.2) is 27.1 Å². The van der Waals surface area contributed by atoms with Gasteiger partial charge in [-0.05, 0) is 56.5 Å². The van der Waals surface area contributed by atoms with Gasteiger partial charge >= 0.3 is 0 Å². The molecule has 1 saturated carbocycles. The zero-order valence-electron chi connectivity index (χ0n) is 10.1. The molecule has 1 fully saturated rings. The molecule has 2 aromatic rings. The van der Waals surface area contributed by atoms with Crippen molar-refractivity contribution in [3.63, 3.8) is 0 Å². The van der Waals surface area contributed by atoms with Crippen LogP contribution in [0.4, 0.5) is 0 Å². The van der Waals surface area contributed by atoms with E-state index in [1.54, 1.807) is 0 Å². The first kappa shape index (κ1) is 11.3. The van der Waals surface area contributed by atoms with Crippen LogP contribution in [0.5, 0.6) is 0 Å². The van der Waals surface area contributed by atoms with Crippen molar-refractivity contribution in [3.8, 4) is 0 Å².